The van der Waals surface area contributed by atoms with Gasteiger partial charge in [-0.2, -0.15) is 5.10 Å². The number of hydrogen-bond donors (Lipinski definition) is 0. The van der Waals surface area contributed by atoms with Gasteiger partial charge in [0.25, 0.3) is 0 Å². The van der Waals surface area contributed by atoms with Crippen molar-refractivity contribution < 1.29 is 9.53 Å². The SMILES string of the molecule is COC(=O)Cn1c(=O)sc2c(C3CCCCC3)c3cnn(C(C)C)c3nc21. The molecule has 144 valence electrons. The summed E-state index contributed by atoms with van der Waals surface area (Å²) < 4.78 is 9.00. The van der Waals surface area contributed by atoms with Crippen molar-refractivity contribution in [3.8, 4) is 0 Å². The highest BCUT2D eigenvalue weighted by Gasteiger charge is 2.26. The molecule has 0 bridgehead atoms. The number of fused-ring (bicyclic) bond motifs is 2. The van der Waals surface area contributed by atoms with E-state index < -0.39 is 5.97 Å². The normalized spacial score (nSPS) is 15.9. The zero-order chi connectivity index (χ0) is 19.1. The minimum absolute atomic E-state index is 0.117. The van der Waals surface area contributed by atoms with Crippen LogP contribution in [0.3, 0.4) is 0 Å². The van der Waals surface area contributed by atoms with E-state index in [-0.39, 0.29) is 17.5 Å². The molecule has 0 aromatic carbocycles. The van der Waals surface area contributed by atoms with Crippen molar-refractivity contribution in [3.63, 3.8) is 0 Å². The van der Waals surface area contributed by atoms with Gasteiger partial charge in [-0.15, -0.1) is 0 Å². The first-order chi connectivity index (χ1) is 13.0. The van der Waals surface area contributed by atoms with Crippen LogP contribution in [0.4, 0.5) is 0 Å². The topological polar surface area (TPSA) is 79.0 Å². The van der Waals surface area contributed by atoms with E-state index >= 15 is 0 Å². The van der Waals surface area contributed by atoms with Crippen LogP contribution in [0.5, 0.6) is 0 Å². The largest absolute Gasteiger partial charge is 0.468 e. The van der Waals surface area contributed by atoms with Gasteiger partial charge in [0.05, 0.1) is 18.0 Å². The Kier molecular flexibility index (Phi) is 4.75. The fraction of sp³-hybridized carbons (Fsp3) is 0.579. The molecule has 1 aliphatic carbocycles. The molecule has 1 fully saturated rings. The van der Waals surface area contributed by atoms with E-state index in [1.807, 2.05) is 10.9 Å². The van der Waals surface area contributed by atoms with Crippen LogP contribution in [0.25, 0.3) is 21.4 Å². The van der Waals surface area contributed by atoms with Gasteiger partial charge in [0.15, 0.2) is 11.3 Å². The van der Waals surface area contributed by atoms with Crippen molar-refractivity contribution >= 4 is 38.7 Å². The van der Waals surface area contributed by atoms with Crippen molar-refractivity contribution in [2.75, 3.05) is 7.11 Å². The lowest BCUT2D eigenvalue weighted by molar-refractivity contribution is -0.141. The highest BCUT2D eigenvalue weighted by atomic mass is 32.1. The summed E-state index contributed by atoms with van der Waals surface area (Å²) in [5, 5.41) is 5.60. The average molecular weight is 388 g/mol. The molecule has 0 spiro atoms. The molecule has 0 N–H and O–H groups in total. The molecule has 4 rings (SSSR count). The van der Waals surface area contributed by atoms with Crippen molar-refractivity contribution in [3.05, 3.63) is 21.4 Å². The summed E-state index contributed by atoms with van der Waals surface area (Å²) in [5.74, 6) is -0.0449. The highest BCUT2D eigenvalue weighted by Crippen LogP contribution is 2.41. The Morgan fingerprint density at radius 1 is 1.30 bits per heavy atom. The maximum atomic E-state index is 12.7. The number of rotatable bonds is 4. The maximum absolute atomic E-state index is 12.7. The predicted molar refractivity (Wildman–Crippen MR) is 105 cm³/mol. The molecule has 3 aromatic heterocycles. The molecule has 3 aromatic rings. The van der Waals surface area contributed by atoms with Crippen molar-refractivity contribution in [2.45, 2.75) is 64.5 Å². The molecule has 0 amide bonds. The fourth-order valence-corrected chi connectivity index (χ4v) is 5.14. The quantitative estimate of drug-likeness (QED) is 0.638. The average Bonchev–Trinajstić information content (AvgIpc) is 3.22. The Labute approximate surface area is 161 Å². The summed E-state index contributed by atoms with van der Waals surface area (Å²) in [6.07, 6.45) is 7.78. The third kappa shape index (κ3) is 3.05. The fourth-order valence-electron chi connectivity index (χ4n) is 4.07. The summed E-state index contributed by atoms with van der Waals surface area (Å²) in [4.78, 5) is 29.1. The van der Waals surface area contributed by atoms with Crippen LogP contribution < -0.4 is 4.87 Å². The number of aromatic nitrogens is 4. The first-order valence-corrected chi connectivity index (χ1v) is 10.3. The van der Waals surface area contributed by atoms with E-state index in [2.05, 4.69) is 18.9 Å². The minimum Gasteiger partial charge on any atom is -0.468 e. The second-order valence-corrected chi connectivity index (χ2v) is 8.43. The first-order valence-electron chi connectivity index (χ1n) is 9.48. The molecule has 0 unspecified atom stereocenters. The van der Waals surface area contributed by atoms with E-state index in [0.29, 0.717) is 11.6 Å². The number of esters is 1. The summed E-state index contributed by atoms with van der Waals surface area (Å²) in [6, 6.07) is 0.158. The monoisotopic (exact) mass is 388 g/mol. The third-order valence-corrected chi connectivity index (χ3v) is 6.40. The van der Waals surface area contributed by atoms with Gasteiger partial charge in [0, 0.05) is 11.4 Å². The van der Waals surface area contributed by atoms with Crippen LogP contribution in [0.1, 0.15) is 63.5 Å². The number of carbonyl (C=O) groups excluding carboxylic acids is 1. The minimum atomic E-state index is -0.449. The van der Waals surface area contributed by atoms with E-state index in [9.17, 15) is 9.59 Å². The van der Waals surface area contributed by atoms with Crippen molar-refractivity contribution in [2.24, 2.45) is 0 Å². The molecular weight excluding hydrogens is 364 g/mol. The van der Waals surface area contributed by atoms with Gasteiger partial charge in [0.2, 0.25) is 0 Å². The third-order valence-electron chi connectivity index (χ3n) is 5.40. The number of hydrogen-bond acceptors (Lipinski definition) is 6. The van der Waals surface area contributed by atoms with E-state index in [1.54, 1.807) is 0 Å². The van der Waals surface area contributed by atoms with Crippen LogP contribution in [0.2, 0.25) is 0 Å². The molecule has 1 saturated carbocycles. The van der Waals surface area contributed by atoms with Gasteiger partial charge < -0.3 is 4.74 Å². The number of thiazole rings is 1. The van der Waals surface area contributed by atoms with Gasteiger partial charge in [-0.1, -0.05) is 30.6 Å². The molecule has 0 radical (unpaired) electrons. The Bertz CT molecular complexity index is 1060. The molecule has 0 aliphatic heterocycles. The van der Waals surface area contributed by atoms with Crippen molar-refractivity contribution in [1.82, 2.24) is 19.3 Å². The van der Waals surface area contributed by atoms with Crippen LogP contribution >= 0.6 is 11.3 Å². The van der Waals surface area contributed by atoms with E-state index in [0.717, 1.165) is 28.6 Å². The lowest BCUT2D eigenvalue weighted by Gasteiger charge is -2.23. The Hall–Kier alpha value is -2.22. The standard InChI is InChI=1S/C19H24N4O3S/c1-11(2)23-17-13(9-20-23)15(12-7-5-4-6-8-12)16-18(21-17)22(19(25)27-16)10-14(24)26-3/h9,11-12H,4-8,10H2,1-3H3. The number of methoxy groups -OCH3 is 1. The summed E-state index contributed by atoms with van der Waals surface area (Å²) in [6.45, 7) is 4.01. The smallest absolute Gasteiger partial charge is 0.325 e. The second kappa shape index (κ2) is 7.07. The lowest BCUT2D eigenvalue weighted by atomic mass is 9.83. The molecule has 7 nitrogen and oxygen atoms in total. The number of carbonyl (C=O) groups is 1. The Morgan fingerprint density at radius 2 is 2.04 bits per heavy atom. The second-order valence-electron chi connectivity index (χ2n) is 7.46. The van der Waals surface area contributed by atoms with Gasteiger partial charge in [-0.25, -0.2) is 9.67 Å². The van der Waals surface area contributed by atoms with Crippen LogP contribution in [0, 0.1) is 0 Å². The zero-order valence-corrected chi connectivity index (χ0v) is 16.7. The molecule has 27 heavy (non-hydrogen) atoms. The summed E-state index contributed by atoms with van der Waals surface area (Å²) in [5.41, 5.74) is 2.55. The molecule has 3 heterocycles. The first kappa shape index (κ1) is 18.2. The van der Waals surface area contributed by atoms with Gasteiger partial charge >= 0.3 is 10.8 Å². The van der Waals surface area contributed by atoms with E-state index in [4.69, 9.17) is 9.72 Å². The molecule has 1 aliphatic rings. The van der Waals surface area contributed by atoms with Gasteiger partial charge in [-0.05, 0) is 38.2 Å². The zero-order valence-electron chi connectivity index (χ0n) is 15.9. The van der Waals surface area contributed by atoms with Crippen LogP contribution in [-0.2, 0) is 16.1 Å². The molecule has 8 heteroatoms. The Morgan fingerprint density at radius 3 is 2.70 bits per heavy atom. The lowest BCUT2D eigenvalue weighted by Crippen LogP contribution is -2.20. The number of ether oxygens (including phenoxy) is 1. The molecule has 0 atom stereocenters. The van der Waals surface area contributed by atoms with Crippen molar-refractivity contribution in [1.29, 1.82) is 0 Å². The predicted octanol–water partition coefficient (Wildman–Crippen LogP) is 3.61. The number of nitrogens with zero attached hydrogens (tertiary/aromatic N) is 4. The summed E-state index contributed by atoms with van der Waals surface area (Å²) >= 11 is 1.18. The maximum Gasteiger partial charge on any atom is 0.325 e. The molecular formula is C19H24N4O3S. The highest BCUT2D eigenvalue weighted by molar-refractivity contribution is 7.16. The Balaban J connectivity index is 2.02. The van der Waals surface area contributed by atoms with Crippen LogP contribution in [0.15, 0.2) is 11.0 Å². The molecule has 0 saturated heterocycles. The number of pyridine rings is 1. The van der Waals surface area contributed by atoms with Crippen LogP contribution in [-0.4, -0.2) is 32.4 Å². The van der Waals surface area contributed by atoms with E-state index in [1.165, 1.54) is 47.8 Å². The summed E-state index contributed by atoms with van der Waals surface area (Å²) in [7, 11) is 1.33. The van der Waals surface area contributed by atoms with Gasteiger partial charge in [-0.3, -0.25) is 14.2 Å². The van der Waals surface area contributed by atoms with Gasteiger partial charge in [0.1, 0.15) is 6.54 Å².